The fourth-order valence-corrected chi connectivity index (χ4v) is 1.21. The van der Waals surface area contributed by atoms with Crippen molar-refractivity contribution >= 4 is 10.8 Å². The first kappa shape index (κ1) is 6.98. The Labute approximate surface area is 69.7 Å². The van der Waals surface area contributed by atoms with Gasteiger partial charge in [-0.3, -0.25) is 5.11 Å². The van der Waals surface area contributed by atoms with Crippen LogP contribution in [0.3, 0.4) is 0 Å². The molecule has 0 aromatic heterocycles. The van der Waals surface area contributed by atoms with E-state index in [1.54, 1.807) is 0 Å². The molecule has 2 rings (SSSR count). The summed E-state index contributed by atoms with van der Waals surface area (Å²) in [5.41, 5.74) is 0. The van der Waals surface area contributed by atoms with Crippen molar-refractivity contribution in [2.24, 2.45) is 0 Å². The summed E-state index contributed by atoms with van der Waals surface area (Å²) in [5, 5.41) is 21.8. The maximum absolute atomic E-state index is 11.0. The molecular formula is C10H7O2. The summed E-state index contributed by atoms with van der Waals surface area (Å²) >= 11 is 0. The predicted octanol–water partition coefficient (Wildman–Crippen LogP) is 2.69. The Hall–Kier alpha value is -1.70. The number of phenols is 1. The average molecular weight is 159 g/mol. The molecule has 2 aromatic carbocycles. The second-order valence-electron chi connectivity index (χ2n) is 2.67. The normalized spacial score (nSPS) is 10.3. The third-order valence-corrected chi connectivity index (χ3v) is 1.83. The molecule has 1 radical (unpaired) electrons. The Kier molecular flexibility index (Phi) is 1.40. The number of hydrogen-bond donors (Lipinski definition) is 1. The first-order chi connectivity index (χ1) is 5.77. The summed E-state index contributed by atoms with van der Waals surface area (Å²) < 4.78 is 0. The van der Waals surface area contributed by atoms with E-state index in [-0.39, 0.29) is 11.5 Å². The molecule has 0 aliphatic heterocycles. The van der Waals surface area contributed by atoms with Crippen molar-refractivity contribution in [3.05, 3.63) is 36.4 Å². The number of benzene rings is 2. The Balaban J connectivity index is 2.84. The molecule has 0 atom stereocenters. The van der Waals surface area contributed by atoms with Crippen molar-refractivity contribution in [3.8, 4) is 11.5 Å². The highest BCUT2D eigenvalue weighted by Crippen LogP contribution is 2.30. The van der Waals surface area contributed by atoms with E-state index in [4.69, 9.17) is 5.11 Å². The Morgan fingerprint density at radius 1 is 1.00 bits per heavy atom. The molecule has 2 heteroatoms. The van der Waals surface area contributed by atoms with Crippen LogP contribution in [0.2, 0.25) is 0 Å². The number of fused-ring (bicyclic) bond motifs is 1. The number of rotatable bonds is 0. The van der Waals surface area contributed by atoms with E-state index >= 15 is 0 Å². The second-order valence-corrected chi connectivity index (χ2v) is 2.67. The first-order valence-corrected chi connectivity index (χ1v) is 3.66. The summed E-state index contributed by atoms with van der Waals surface area (Å²) in [6.45, 7) is 0. The summed E-state index contributed by atoms with van der Waals surface area (Å²) in [6.07, 6.45) is 0. The minimum absolute atomic E-state index is 0.186. The predicted molar refractivity (Wildman–Crippen MR) is 45.7 cm³/mol. The van der Waals surface area contributed by atoms with Crippen molar-refractivity contribution in [2.45, 2.75) is 0 Å². The van der Waals surface area contributed by atoms with Crippen LogP contribution in [0, 0.1) is 0 Å². The second kappa shape index (κ2) is 2.41. The van der Waals surface area contributed by atoms with Gasteiger partial charge in [-0.25, -0.2) is 0 Å². The van der Waals surface area contributed by atoms with Crippen LogP contribution in [-0.4, -0.2) is 5.11 Å². The van der Waals surface area contributed by atoms with Crippen molar-refractivity contribution < 1.29 is 10.2 Å². The standard InChI is InChI=1S/C10H7O2/c11-9-5-7-3-1-2-4-8(7)6-10(9)12/h1-6,11H. The van der Waals surface area contributed by atoms with Gasteiger partial charge in [0.25, 0.3) is 0 Å². The van der Waals surface area contributed by atoms with Gasteiger partial charge in [0.2, 0.25) is 5.75 Å². The summed E-state index contributed by atoms with van der Waals surface area (Å²) in [6, 6.07) is 10.3. The Morgan fingerprint density at radius 2 is 1.58 bits per heavy atom. The smallest absolute Gasteiger partial charge is 0.220 e. The third-order valence-electron chi connectivity index (χ3n) is 1.83. The summed E-state index contributed by atoms with van der Waals surface area (Å²) in [7, 11) is 0. The van der Waals surface area contributed by atoms with Gasteiger partial charge in [0, 0.05) is 0 Å². The van der Waals surface area contributed by atoms with E-state index < -0.39 is 0 Å². The molecule has 0 bridgehead atoms. The van der Waals surface area contributed by atoms with Crippen LogP contribution in [0.4, 0.5) is 0 Å². The largest absolute Gasteiger partial charge is 0.504 e. The zero-order valence-corrected chi connectivity index (χ0v) is 6.32. The molecule has 0 spiro atoms. The van der Waals surface area contributed by atoms with Crippen LogP contribution in [0.15, 0.2) is 36.4 Å². The molecule has 59 valence electrons. The van der Waals surface area contributed by atoms with Crippen LogP contribution in [0.25, 0.3) is 10.8 Å². The van der Waals surface area contributed by atoms with Crippen LogP contribution in [0.1, 0.15) is 0 Å². The van der Waals surface area contributed by atoms with E-state index in [9.17, 15) is 5.11 Å². The maximum Gasteiger partial charge on any atom is 0.220 e. The fourth-order valence-electron chi connectivity index (χ4n) is 1.21. The molecule has 0 fully saturated rings. The Bertz CT molecular complexity index is 381. The van der Waals surface area contributed by atoms with Gasteiger partial charge in [-0.2, -0.15) is 0 Å². The fraction of sp³-hybridized carbons (Fsp3) is 0. The zero-order valence-electron chi connectivity index (χ0n) is 6.32. The van der Waals surface area contributed by atoms with Gasteiger partial charge < -0.3 is 5.11 Å². The molecule has 0 saturated carbocycles. The highest BCUT2D eigenvalue weighted by molar-refractivity contribution is 5.85. The lowest BCUT2D eigenvalue weighted by Gasteiger charge is -1.98. The van der Waals surface area contributed by atoms with Gasteiger partial charge in [-0.1, -0.05) is 24.3 Å². The highest BCUT2D eigenvalue weighted by Gasteiger charge is 2.01. The quantitative estimate of drug-likeness (QED) is 0.630. The third kappa shape index (κ3) is 0.975. The molecule has 0 unspecified atom stereocenters. The zero-order chi connectivity index (χ0) is 8.55. The van der Waals surface area contributed by atoms with Gasteiger partial charge >= 0.3 is 0 Å². The lowest BCUT2D eigenvalue weighted by Crippen LogP contribution is -1.71. The molecule has 0 saturated heterocycles. The number of aromatic hydroxyl groups is 1. The summed E-state index contributed by atoms with van der Waals surface area (Å²) in [5.74, 6) is -0.512. The van der Waals surface area contributed by atoms with Crippen molar-refractivity contribution in [1.29, 1.82) is 0 Å². The molecule has 0 heterocycles. The van der Waals surface area contributed by atoms with Crippen LogP contribution < -0.4 is 0 Å². The van der Waals surface area contributed by atoms with Crippen LogP contribution >= 0.6 is 0 Å². The van der Waals surface area contributed by atoms with E-state index in [0.29, 0.717) is 0 Å². The van der Waals surface area contributed by atoms with E-state index in [0.717, 1.165) is 10.8 Å². The molecule has 0 aliphatic rings. The van der Waals surface area contributed by atoms with Gasteiger partial charge in [0.1, 0.15) is 0 Å². The lowest BCUT2D eigenvalue weighted by molar-refractivity contribution is 0.325. The highest BCUT2D eigenvalue weighted by atomic mass is 16.3. The molecule has 2 aromatic rings. The molecule has 0 aliphatic carbocycles. The van der Waals surface area contributed by atoms with E-state index in [1.807, 2.05) is 24.3 Å². The first-order valence-electron chi connectivity index (χ1n) is 3.66. The SMILES string of the molecule is [O]c1cc2ccccc2cc1O. The maximum atomic E-state index is 11.0. The Morgan fingerprint density at radius 3 is 2.25 bits per heavy atom. The molecular weight excluding hydrogens is 152 g/mol. The number of hydrogen-bond acceptors (Lipinski definition) is 1. The van der Waals surface area contributed by atoms with E-state index in [1.165, 1.54) is 12.1 Å². The van der Waals surface area contributed by atoms with Gasteiger partial charge in [-0.15, -0.1) is 0 Å². The minimum Gasteiger partial charge on any atom is -0.504 e. The van der Waals surface area contributed by atoms with Gasteiger partial charge in [0.05, 0.1) is 0 Å². The topological polar surface area (TPSA) is 40.1 Å². The lowest BCUT2D eigenvalue weighted by atomic mass is 10.1. The van der Waals surface area contributed by atoms with Gasteiger partial charge in [0.15, 0.2) is 5.75 Å². The van der Waals surface area contributed by atoms with Crippen LogP contribution in [0.5, 0.6) is 11.5 Å². The van der Waals surface area contributed by atoms with Crippen molar-refractivity contribution in [2.75, 3.05) is 0 Å². The average Bonchev–Trinajstić information content (AvgIpc) is 2.07. The molecule has 0 amide bonds. The van der Waals surface area contributed by atoms with E-state index in [2.05, 4.69) is 0 Å². The molecule has 2 nitrogen and oxygen atoms in total. The summed E-state index contributed by atoms with van der Waals surface area (Å²) in [4.78, 5) is 0. The van der Waals surface area contributed by atoms with Crippen molar-refractivity contribution in [3.63, 3.8) is 0 Å². The monoisotopic (exact) mass is 159 g/mol. The van der Waals surface area contributed by atoms with Crippen LogP contribution in [-0.2, 0) is 5.11 Å². The van der Waals surface area contributed by atoms with Gasteiger partial charge in [-0.05, 0) is 22.9 Å². The minimum atomic E-state index is -0.325. The molecule has 12 heavy (non-hydrogen) atoms. The number of phenolic OH excluding ortho intramolecular Hbond substituents is 1. The molecule has 1 N–H and O–H groups in total. The van der Waals surface area contributed by atoms with Crippen molar-refractivity contribution in [1.82, 2.24) is 0 Å².